The van der Waals surface area contributed by atoms with E-state index in [4.69, 9.17) is 16.6 Å². The van der Waals surface area contributed by atoms with E-state index in [-0.39, 0.29) is 6.42 Å². The summed E-state index contributed by atoms with van der Waals surface area (Å²) < 4.78 is 0. The Morgan fingerprint density at radius 1 is 1.41 bits per heavy atom. The predicted molar refractivity (Wildman–Crippen MR) is 63.3 cm³/mol. The lowest BCUT2D eigenvalue weighted by molar-refractivity contribution is -0.138. The first-order chi connectivity index (χ1) is 8.06. The SMILES string of the molecule is Nc1cnc2cc(CC(N)C(=O)O)ccc2n1. The molecule has 1 unspecified atom stereocenters. The van der Waals surface area contributed by atoms with Crippen molar-refractivity contribution in [1.82, 2.24) is 9.97 Å². The first-order valence-electron chi connectivity index (χ1n) is 5.06. The minimum atomic E-state index is -1.02. The zero-order valence-electron chi connectivity index (χ0n) is 9.00. The molecule has 0 spiro atoms. The first-order valence-corrected chi connectivity index (χ1v) is 5.06. The third-order valence-corrected chi connectivity index (χ3v) is 2.40. The van der Waals surface area contributed by atoms with Gasteiger partial charge in [-0.05, 0) is 24.1 Å². The number of aromatic nitrogens is 2. The molecule has 0 bridgehead atoms. The molecule has 17 heavy (non-hydrogen) atoms. The number of nitrogen functional groups attached to an aromatic ring is 1. The molecule has 0 saturated heterocycles. The Labute approximate surface area is 97.3 Å². The molecule has 1 heterocycles. The lowest BCUT2D eigenvalue weighted by Gasteiger charge is -2.07. The molecule has 2 aromatic rings. The minimum absolute atomic E-state index is 0.261. The molecule has 0 amide bonds. The molecule has 0 aliphatic rings. The normalized spacial score (nSPS) is 12.5. The van der Waals surface area contributed by atoms with E-state index in [0.717, 1.165) is 5.56 Å². The Morgan fingerprint density at radius 3 is 2.88 bits per heavy atom. The highest BCUT2D eigenvalue weighted by Crippen LogP contribution is 2.14. The maximum atomic E-state index is 10.6. The van der Waals surface area contributed by atoms with Crippen LogP contribution in [0.3, 0.4) is 0 Å². The predicted octanol–water partition coefficient (Wildman–Crippen LogP) is 0.166. The second kappa shape index (κ2) is 4.34. The molecule has 88 valence electrons. The molecular formula is C11H12N4O2. The van der Waals surface area contributed by atoms with Crippen LogP contribution in [-0.2, 0) is 11.2 Å². The van der Waals surface area contributed by atoms with E-state index in [2.05, 4.69) is 9.97 Å². The molecule has 1 atom stereocenters. The number of hydrogen-bond acceptors (Lipinski definition) is 5. The first kappa shape index (κ1) is 11.3. The Balaban J connectivity index is 2.32. The Hall–Kier alpha value is -2.21. The summed E-state index contributed by atoms with van der Waals surface area (Å²) in [7, 11) is 0. The van der Waals surface area contributed by atoms with E-state index in [1.807, 2.05) is 0 Å². The van der Waals surface area contributed by atoms with Gasteiger partial charge in [0.1, 0.15) is 11.9 Å². The zero-order valence-corrected chi connectivity index (χ0v) is 9.00. The molecule has 1 aromatic carbocycles. The van der Waals surface area contributed by atoms with Gasteiger partial charge < -0.3 is 16.6 Å². The summed E-state index contributed by atoms with van der Waals surface area (Å²) in [6.07, 6.45) is 1.72. The van der Waals surface area contributed by atoms with Crippen molar-refractivity contribution >= 4 is 22.8 Å². The van der Waals surface area contributed by atoms with E-state index in [1.165, 1.54) is 6.20 Å². The molecule has 1 aromatic heterocycles. The van der Waals surface area contributed by atoms with Crippen molar-refractivity contribution in [2.75, 3.05) is 5.73 Å². The number of aliphatic carboxylic acids is 1. The Morgan fingerprint density at radius 2 is 2.18 bits per heavy atom. The highest BCUT2D eigenvalue weighted by atomic mass is 16.4. The van der Waals surface area contributed by atoms with Crippen molar-refractivity contribution in [2.24, 2.45) is 5.73 Å². The van der Waals surface area contributed by atoms with Crippen LogP contribution in [0.5, 0.6) is 0 Å². The fourth-order valence-electron chi connectivity index (χ4n) is 1.54. The molecule has 0 aliphatic heterocycles. The van der Waals surface area contributed by atoms with Gasteiger partial charge in [0.2, 0.25) is 0 Å². The third kappa shape index (κ3) is 2.48. The average Bonchev–Trinajstić information content (AvgIpc) is 2.29. The number of hydrogen-bond donors (Lipinski definition) is 3. The standard InChI is InChI=1S/C11H12N4O2/c12-7(11(16)17)3-6-1-2-8-9(4-6)14-5-10(13)15-8/h1-2,4-5,7H,3,12H2,(H2,13,15)(H,16,17). The monoisotopic (exact) mass is 232 g/mol. The number of nitrogens with zero attached hydrogens (tertiary/aromatic N) is 2. The Kier molecular flexibility index (Phi) is 2.88. The largest absolute Gasteiger partial charge is 0.480 e. The number of rotatable bonds is 3. The molecule has 2 rings (SSSR count). The van der Waals surface area contributed by atoms with Gasteiger partial charge in [0.15, 0.2) is 0 Å². The van der Waals surface area contributed by atoms with E-state index in [1.54, 1.807) is 18.2 Å². The van der Waals surface area contributed by atoms with Crippen molar-refractivity contribution in [3.05, 3.63) is 30.0 Å². The van der Waals surface area contributed by atoms with Crippen LogP contribution in [-0.4, -0.2) is 27.1 Å². The number of benzene rings is 1. The van der Waals surface area contributed by atoms with Gasteiger partial charge in [-0.25, -0.2) is 4.98 Å². The lowest BCUT2D eigenvalue weighted by atomic mass is 10.1. The van der Waals surface area contributed by atoms with Crippen molar-refractivity contribution < 1.29 is 9.90 Å². The van der Waals surface area contributed by atoms with E-state index >= 15 is 0 Å². The van der Waals surface area contributed by atoms with Crippen molar-refractivity contribution in [3.63, 3.8) is 0 Å². The molecule has 6 nitrogen and oxygen atoms in total. The second-order valence-electron chi connectivity index (χ2n) is 3.77. The summed E-state index contributed by atoms with van der Waals surface area (Å²) in [6, 6.07) is 4.39. The maximum absolute atomic E-state index is 10.6. The Bertz CT molecular complexity index is 570. The van der Waals surface area contributed by atoms with Crippen LogP contribution in [0.25, 0.3) is 11.0 Å². The van der Waals surface area contributed by atoms with Crippen LogP contribution in [0.4, 0.5) is 5.82 Å². The summed E-state index contributed by atoms with van der Waals surface area (Å²) in [4.78, 5) is 18.9. The van der Waals surface area contributed by atoms with Crippen LogP contribution >= 0.6 is 0 Å². The van der Waals surface area contributed by atoms with E-state index < -0.39 is 12.0 Å². The second-order valence-corrected chi connectivity index (χ2v) is 3.77. The van der Waals surface area contributed by atoms with Gasteiger partial charge in [-0.1, -0.05) is 6.07 Å². The fourth-order valence-corrected chi connectivity index (χ4v) is 1.54. The number of carbonyl (C=O) groups is 1. The summed E-state index contributed by atoms with van der Waals surface area (Å²) >= 11 is 0. The molecule has 6 heteroatoms. The molecule has 0 saturated carbocycles. The van der Waals surface area contributed by atoms with Crippen LogP contribution < -0.4 is 11.5 Å². The van der Waals surface area contributed by atoms with Gasteiger partial charge in [0.25, 0.3) is 0 Å². The van der Waals surface area contributed by atoms with Crippen LogP contribution in [0, 0.1) is 0 Å². The summed E-state index contributed by atoms with van der Waals surface area (Å²) in [6.45, 7) is 0. The molecule has 0 fully saturated rings. The van der Waals surface area contributed by atoms with Crippen LogP contribution in [0.15, 0.2) is 24.4 Å². The fraction of sp³-hybridized carbons (Fsp3) is 0.182. The quantitative estimate of drug-likeness (QED) is 0.694. The summed E-state index contributed by atoms with van der Waals surface area (Å²) in [5, 5.41) is 8.72. The maximum Gasteiger partial charge on any atom is 0.320 e. The van der Waals surface area contributed by atoms with Gasteiger partial charge in [-0.2, -0.15) is 0 Å². The smallest absolute Gasteiger partial charge is 0.320 e. The summed E-state index contributed by atoms with van der Waals surface area (Å²) in [5.74, 6) is -0.666. The zero-order chi connectivity index (χ0) is 12.4. The minimum Gasteiger partial charge on any atom is -0.480 e. The topological polar surface area (TPSA) is 115 Å². The van der Waals surface area contributed by atoms with E-state index in [9.17, 15) is 4.79 Å². The highest BCUT2D eigenvalue weighted by Gasteiger charge is 2.12. The third-order valence-electron chi connectivity index (χ3n) is 2.40. The van der Waals surface area contributed by atoms with Crippen LogP contribution in [0.2, 0.25) is 0 Å². The number of fused-ring (bicyclic) bond motifs is 1. The highest BCUT2D eigenvalue weighted by molar-refractivity contribution is 5.77. The number of anilines is 1. The molecular weight excluding hydrogens is 220 g/mol. The van der Waals surface area contributed by atoms with Crippen molar-refractivity contribution in [2.45, 2.75) is 12.5 Å². The molecule has 5 N–H and O–H groups in total. The van der Waals surface area contributed by atoms with Gasteiger partial charge in [-0.15, -0.1) is 0 Å². The van der Waals surface area contributed by atoms with Gasteiger partial charge in [-0.3, -0.25) is 9.78 Å². The van der Waals surface area contributed by atoms with Crippen LogP contribution in [0.1, 0.15) is 5.56 Å². The molecule has 0 aliphatic carbocycles. The summed E-state index contributed by atoms with van der Waals surface area (Å²) in [5.41, 5.74) is 13.1. The van der Waals surface area contributed by atoms with Crippen molar-refractivity contribution in [3.8, 4) is 0 Å². The van der Waals surface area contributed by atoms with Gasteiger partial charge >= 0.3 is 5.97 Å². The number of carboxylic acid groups (broad SMARTS) is 1. The number of carboxylic acids is 1. The molecule has 0 radical (unpaired) electrons. The number of nitrogens with two attached hydrogens (primary N) is 2. The van der Waals surface area contributed by atoms with Crippen molar-refractivity contribution in [1.29, 1.82) is 0 Å². The van der Waals surface area contributed by atoms with E-state index in [0.29, 0.717) is 16.9 Å². The van der Waals surface area contributed by atoms with Gasteiger partial charge in [0.05, 0.1) is 17.2 Å². The lowest BCUT2D eigenvalue weighted by Crippen LogP contribution is -2.32. The average molecular weight is 232 g/mol. The van der Waals surface area contributed by atoms with Gasteiger partial charge in [0, 0.05) is 0 Å².